The number of carboxylic acids is 1. The Balaban J connectivity index is 1.90. The molecular weight excluding hydrogens is 374 g/mol. The van der Waals surface area contributed by atoms with E-state index < -0.39 is 5.97 Å². The Labute approximate surface area is 173 Å². The maximum Gasteiger partial charge on any atom is 0.304 e. The topological polar surface area (TPSA) is 97.9 Å². The van der Waals surface area contributed by atoms with Crippen LogP contribution in [0.25, 0.3) is 0 Å². The SMILES string of the molecule is COCCN(CCOC)Cc1noc(C(CCCC2CCCCC2)CC(=O)O)n1. The van der Waals surface area contributed by atoms with E-state index in [1.165, 1.54) is 38.5 Å². The van der Waals surface area contributed by atoms with Crippen molar-refractivity contribution in [3.8, 4) is 0 Å². The summed E-state index contributed by atoms with van der Waals surface area (Å²) in [4.78, 5) is 18.0. The largest absolute Gasteiger partial charge is 0.481 e. The second-order valence-electron chi connectivity index (χ2n) is 8.04. The minimum Gasteiger partial charge on any atom is -0.481 e. The van der Waals surface area contributed by atoms with Gasteiger partial charge >= 0.3 is 5.97 Å². The van der Waals surface area contributed by atoms with Gasteiger partial charge in [0.2, 0.25) is 5.89 Å². The third kappa shape index (κ3) is 9.23. The van der Waals surface area contributed by atoms with Crippen LogP contribution in [-0.4, -0.2) is 66.6 Å². The van der Waals surface area contributed by atoms with Gasteiger partial charge in [-0.15, -0.1) is 0 Å². The van der Waals surface area contributed by atoms with Crippen LogP contribution < -0.4 is 0 Å². The van der Waals surface area contributed by atoms with Crippen molar-refractivity contribution in [2.45, 2.75) is 70.3 Å². The van der Waals surface area contributed by atoms with Crippen LogP contribution in [0.15, 0.2) is 4.52 Å². The van der Waals surface area contributed by atoms with E-state index in [1.807, 2.05) is 0 Å². The number of nitrogens with zero attached hydrogens (tertiary/aromatic N) is 3. The Kier molecular flexibility index (Phi) is 11.2. The van der Waals surface area contributed by atoms with Crippen LogP contribution in [0.1, 0.15) is 75.4 Å². The molecule has 1 atom stereocenters. The molecule has 1 aromatic rings. The Morgan fingerprint density at radius 3 is 2.52 bits per heavy atom. The van der Waals surface area contributed by atoms with Crippen molar-refractivity contribution in [3.05, 3.63) is 11.7 Å². The molecule has 0 aliphatic heterocycles. The van der Waals surface area contributed by atoms with E-state index in [9.17, 15) is 9.90 Å². The van der Waals surface area contributed by atoms with Crippen molar-refractivity contribution >= 4 is 5.97 Å². The van der Waals surface area contributed by atoms with Crippen LogP contribution in [0.5, 0.6) is 0 Å². The molecule has 8 nitrogen and oxygen atoms in total. The fourth-order valence-electron chi connectivity index (χ4n) is 4.06. The first-order valence-electron chi connectivity index (χ1n) is 10.9. The van der Waals surface area contributed by atoms with E-state index in [2.05, 4.69) is 15.0 Å². The van der Waals surface area contributed by atoms with Gasteiger partial charge < -0.3 is 19.1 Å². The van der Waals surface area contributed by atoms with Gasteiger partial charge in [-0.05, 0) is 12.3 Å². The summed E-state index contributed by atoms with van der Waals surface area (Å²) in [7, 11) is 3.34. The maximum absolute atomic E-state index is 11.3. The van der Waals surface area contributed by atoms with E-state index in [-0.39, 0.29) is 12.3 Å². The van der Waals surface area contributed by atoms with Crippen LogP contribution in [0.4, 0.5) is 0 Å². The molecule has 0 radical (unpaired) electrons. The zero-order valence-corrected chi connectivity index (χ0v) is 18.0. The van der Waals surface area contributed by atoms with Gasteiger partial charge in [-0.25, -0.2) is 0 Å². The second-order valence-corrected chi connectivity index (χ2v) is 8.04. The van der Waals surface area contributed by atoms with E-state index in [0.29, 0.717) is 31.5 Å². The first-order chi connectivity index (χ1) is 14.1. The highest BCUT2D eigenvalue weighted by Crippen LogP contribution is 2.31. The first kappa shape index (κ1) is 23.8. The molecule has 1 aliphatic rings. The molecule has 1 N–H and O–H groups in total. The van der Waals surface area contributed by atoms with Crippen LogP contribution in [0.3, 0.4) is 0 Å². The molecule has 1 heterocycles. The zero-order valence-electron chi connectivity index (χ0n) is 18.0. The Morgan fingerprint density at radius 1 is 1.21 bits per heavy atom. The fraction of sp³-hybridized carbons (Fsp3) is 0.857. The molecule has 0 saturated heterocycles. The second kappa shape index (κ2) is 13.7. The van der Waals surface area contributed by atoms with Gasteiger partial charge in [-0.2, -0.15) is 4.98 Å². The van der Waals surface area contributed by atoms with Crippen molar-refractivity contribution in [3.63, 3.8) is 0 Å². The lowest BCUT2D eigenvalue weighted by molar-refractivity contribution is -0.137. The number of carbonyl (C=O) groups is 1. The average Bonchev–Trinajstić information content (AvgIpc) is 3.18. The quantitative estimate of drug-likeness (QED) is 0.468. The van der Waals surface area contributed by atoms with Crippen LogP contribution in [-0.2, 0) is 20.8 Å². The van der Waals surface area contributed by atoms with Crippen molar-refractivity contribution in [1.29, 1.82) is 0 Å². The van der Waals surface area contributed by atoms with Crippen molar-refractivity contribution in [1.82, 2.24) is 15.0 Å². The van der Waals surface area contributed by atoms with Crippen LogP contribution in [0, 0.1) is 5.92 Å². The minimum atomic E-state index is -0.825. The van der Waals surface area contributed by atoms with E-state index in [4.69, 9.17) is 14.0 Å². The Morgan fingerprint density at radius 2 is 1.90 bits per heavy atom. The van der Waals surface area contributed by atoms with Crippen molar-refractivity contribution in [2.24, 2.45) is 5.92 Å². The zero-order chi connectivity index (χ0) is 20.9. The predicted molar refractivity (Wildman–Crippen MR) is 109 cm³/mol. The summed E-state index contributed by atoms with van der Waals surface area (Å²) < 4.78 is 15.8. The lowest BCUT2D eigenvalue weighted by Crippen LogP contribution is -2.30. The standard InChI is InChI=1S/C21H37N3O5/c1-27-13-11-24(12-14-28-2)16-19-22-21(29-23-19)18(15-20(25)26)10-6-9-17-7-4-3-5-8-17/h17-18H,3-16H2,1-2H3,(H,25,26). The number of methoxy groups -OCH3 is 2. The van der Waals surface area contributed by atoms with Crippen LogP contribution >= 0.6 is 0 Å². The molecule has 1 aromatic heterocycles. The molecular formula is C21H37N3O5. The summed E-state index contributed by atoms with van der Waals surface area (Å²) >= 11 is 0. The third-order valence-electron chi connectivity index (χ3n) is 5.73. The van der Waals surface area contributed by atoms with E-state index in [1.54, 1.807) is 14.2 Å². The summed E-state index contributed by atoms with van der Waals surface area (Å²) in [6.07, 6.45) is 9.63. The van der Waals surface area contributed by atoms with E-state index >= 15 is 0 Å². The number of hydrogen-bond donors (Lipinski definition) is 1. The molecule has 1 saturated carbocycles. The number of aliphatic carboxylic acids is 1. The lowest BCUT2D eigenvalue weighted by Gasteiger charge is -2.21. The van der Waals surface area contributed by atoms with E-state index in [0.717, 1.165) is 31.8 Å². The van der Waals surface area contributed by atoms with Crippen molar-refractivity contribution in [2.75, 3.05) is 40.5 Å². The number of ether oxygens (including phenoxy) is 2. The number of hydrogen-bond acceptors (Lipinski definition) is 7. The van der Waals surface area contributed by atoms with Gasteiger partial charge in [0.15, 0.2) is 5.82 Å². The fourth-order valence-corrected chi connectivity index (χ4v) is 4.06. The first-order valence-corrected chi connectivity index (χ1v) is 10.9. The average molecular weight is 412 g/mol. The van der Waals surface area contributed by atoms with Gasteiger partial charge in [0.05, 0.1) is 26.2 Å². The Hall–Kier alpha value is -1.51. The monoisotopic (exact) mass is 411 g/mol. The highest BCUT2D eigenvalue weighted by Gasteiger charge is 2.23. The molecule has 1 aliphatic carbocycles. The van der Waals surface area contributed by atoms with Gasteiger partial charge in [-0.3, -0.25) is 9.69 Å². The molecule has 29 heavy (non-hydrogen) atoms. The number of aromatic nitrogens is 2. The van der Waals surface area contributed by atoms with Gasteiger partial charge in [0.1, 0.15) is 0 Å². The number of carboxylic acid groups (broad SMARTS) is 1. The molecule has 0 spiro atoms. The normalized spacial score (nSPS) is 16.4. The van der Waals surface area contributed by atoms with Gasteiger partial charge in [0.25, 0.3) is 0 Å². The highest BCUT2D eigenvalue weighted by molar-refractivity contribution is 5.67. The van der Waals surface area contributed by atoms with Gasteiger partial charge in [-0.1, -0.05) is 50.1 Å². The molecule has 1 fully saturated rings. The maximum atomic E-state index is 11.3. The predicted octanol–water partition coefficient (Wildman–Crippen LogP) is 3.47. The van der Waals surface area contributed by atoms with Crippen LogP contribution in [0.2, 0.25) is 0 Å². The molecule has 166 valence electrons. The Bertz CT molecular complexity index is 566. The summed E-state index contributed by atoms with van der Waals surface area (Å²) in [5.41, 5.74) is 0. The molecule has 0 bridgehead atoms. The highest BCUT2D eigenvalue weighted by atomic mass is 16.5. The smallest absolute Gasteiger partial charge is 0.304 e. The third-order valence-corrected chi connectivity index (χ3v) is 5.73. The molecule has 1 unspecified atom stereocenters. The van der Waals surface area contributed by atoms with Crippen molar-refractivity contribution < 1.29 is 23.9 Å². The van der Waals surface area contributed by atoms with Gasteiger partial charge in [0, 0.05) is 33.2 Å². The summed E-state index contributed by atoms with van der Waals surface area (Å²) in [6, 6.07) is 0. The summed E-state index contributed by atoms with van der Waals surface area (Å²) in [6.45, 7) is 3.22. The number of rotatable bonds is 15. The molecule has 8 heteroatoms. The lowest BCUT2D eigenvalue weighted by atomic mass is 9.84. The summed E-state index contributed by atoms with van der Waals surface area (Å²) in [5, 5.41) is 13.4. The summed E-state index contributed by atoms with van der Waals surface area (Å²) in [5.74, 6) is 0.778. The molecule has 2 rings (SSSR count). The molecule has 0 aromatic carbocycles. The minimum absolute atomic E-state index is 0.0311. The molecule has 0 amide bonds.